The minimum absolute atomic E-state index is 0.0185. The SMILES string of the molecule is C=NC(CC(N)CCO)C(O)C(C)=N. The van der Waals surface area contributed by atoms with Crippen molar-refractivity contribution in [1.29, 1.82) is 5.41 Å². The molecule has 5 nitrogen and oxygen atoms in total. The minimum Gasteiger partial charge on any atom is -0.396 e. The molecule has 0 heterocycles. The van der Waals surface area contributed by atoms with Crippen molar-refractivity contribution in [3.8, 4) is 0 Å². The Morgan fingerprint density at radius 2 is 2.21 bits per heavy atom. The molecule has 0 spiro atoms. The van der Waals surface area contributed by atoms with Crippen molar-refractivity contribution in [2.24, 2.45) is 10.7 Å². The number of aliphatic imine (C=N–C) groups is 1. The molecule has 3 unspecified atom stereocenters. The van der Waals surface area contributed by atoms with Gasteiger partial charge in [-0.1, -0.05) is 0 Å². The Kier molecular flexibility index (Phi) is 6.27. The average Bonchev–Trinajstić information content (AvgIpc) is 2.13. The summed E-state index contributed by atoms with van der Waals surface area (Å²) in [6, 6.07) is -0.668. The monoisotopic (exact) mass is 201 g/mol. The van der Waals surface area contributed by atoms with E-state index in [1.54, 1.807) is 0 Å². The van der Waals surface area contributed by atoms with E-state index in [0.29, 0.717) is 12.8 Å². The summed E-state index contributed by atoms with van der Waals surface area (Å²) in [5.74, 6) is 0. The van der Waals surface area contributed by atoms with E-state index in [-0.39, 0.29) is 18.4 Å². The lowest BCUT2D eigenvalue weighted by Gasteiger charge is -2.21. The van der Waals surface area contributed by atoms with E-state index < -0.39 is 12.1 Å². The first-order valence-corrected chi connectivity index (χ1v) is 4.58. The molecule has 5 N–H and O–H groups in total. The lowest BCUT2D eigenvalue weighted by molar-refractivity contribution is 0.193. The highest BCUT2D eigenvalue weighted by atomic mass is 16.3. The first kappa shape index (κ1) is 13.2. The Hall–Kier alpha value is -0.780. The zero-order chi connectivity index (χ0) is 11.1. The molecule has 0 aliphatic rings. The molecule has 82 valence electrons. The maximum absolute atomic E-state index is 9.53. The van der Waals surface area contributed by atoms with Gasteiger partial charge in [-0.3, -0.25) is 4.99 Å². The van der Waals surface area contributed by atoms with Gasteiger partial charge in [-0.15, -0.1) is 0 Å². The van der Waals surface area contributed by atoms with E-state index in [0.717, 1.165) is 0 Å². The van der Waals surface area contributed by atoms with E-state index in [9.17, 15) is 5.11 Å². The molecular formula is C9H19N3O2. The maximum Gasteiger partial charge on any atom is 0.113 e. The van der Waals surface area contributed by atoms with Gasteiger partial charge in [0, 0.05) is 18.4 Å². The van der Waals surface area contributed by atoms with Crippen LogP contribution in [0.1, 0.15) is 19.8 Å². The number of rotatable bonds is 7. The predicted molar refractivity (Wildman–Crippen MR) is 57.0 cm³/mol. The minimum atomic E-state index is -0.919. The molecule has 0 fully saturated rings. The number of aliphatic hydroxyl groups is 2. The fourth-order valence-electron chi connectivity index (χ4n) is 1.19. The average molecular weight is 201 g/mol. The van der Waals surface area contributed by atoms with Crippen LogP contribution in [0.3, 0.4) is 0 Å². The molecule has 0 aliphatic carbocycles. The van der Waals surface area contributed by atoms with Gasteiger partial charge in [0.25, 0.3) is 0 Å². The zero-order valence-corrected chi connectivity index (χ0v) is 8.48. The normalized spacial score (nSPS) is 17.1. The molecule has 0 saturated heterocycles. The Morgan fingerprint density at radius 3 is 2.57 bits per heavy atom. The second-order valence-corrected chi connectivity index (χ2v) is 3.39. The van der Waals surface area contributed by atoms with Gasteiger partial charge in [0.15, 0.2) is 0 Å². The summed E-state index contributed by atoms with van der Waals surface area (Å²) < 4.78 is 0. The van der Waals surface area contributed by atoms with Gasteiger partial charge >= 0.3 is 0 Å². The topological polar surface area (TPSA) is 103 Å². The number of nitrogens with one attached hydrogen (secondary N) is 1. The molecule has 0 aliphatic heterocycles. The third-order valence-corrected chi connectivity index (χ3v) is 2.09. The van der Waals surface area contributed by atoms with Crippen LogP contribution in [0, 0.1) is 5.41 Å². The summed E-state index contributed by atoms with van der Waals surface area (Å²) in [5, 5.41) is 25.4. The third-order valence-electron chi connectivity index (χ3n) is 2.09. The summed E-state index contributed by atoms with van der Waals surface area (Å²) in [4.78, 5) is 3.73. The third kappa shape index (κ3) is 4.45. The van der Waals surface area contributed by atoms with Crippen LogP contribution in [-0.2, 0) is 0 Å². The van der Waals surface area contributed by atoms with Gasteiger partial charge in [-0.05, 0) is 26.5 Å². The molecule has 14 heavy (non-hydrogen) atoms. The van der Waals surface area contributed by atoms with Crippen molar-refractivity contribution >= 4 is 12.4 Å². The first-order chi connectivity index (χ1) is 6.52. The van der Waals surface area contributed by atoms with E-state index in [1.165, 1.54) is 6.92 Å². The van der Waals surface area contributed by atoms with Gasteiger partial charge in [0.05, 0.1) is 6.04 Å². The van der Waals surface area contributed by atoms with Crippen molar-refractivity contribution < 1.29 is 10.2 Å². The van der Waals surface area contributed by atoms with Crippen molar-refractivity contribution in [2.45, 2.75) is 38.0 Å². The fourth-order valence-corrected chi connectivity index (χ4v) is 1.19. The molecule has 0 amide bonds. The first-order valence-electron chi connectivity index (χ1n) is 4.58. The number of nitrogens with zero attached hydrogens (tertiary/aromatic N) is 1. The Morgan fingerprint density at radius 1 is 1.64 bits per heavy atom. The van der Waals surface area contributed by atoms with Gasteiger partial charge in [0.1, 0.15) is 6.10 Å². The van der Waals surface area contributed by atoms with E-state index >= 15 is 0 Å². The van der Waals surface area contributed by atoms with Crippen molar-refractivity contribution in [1.82, 2.24) is 0 Å². The van der Waals surface area contributed by atoms with E-state index in [4.69, 9.17) is 16.2 Å². The molecule has 0 aromatic rings. The largest absolute Gasteiger partial charge is 0.396 e. The Labute approximate surface area is 84.2 Å². The second-order valence-electron chi connectivity index (χ2n) is 3.39. The standard InChI is InChI=1S/C9H19N3O2/c1-6(10)9(14)8(12-2)5-7(11)3-4-13/h7-10,13-14H,2-5,11H2,1H3. The molecular weight excluding hydrogens is 182 g/mol. The van der Waals surface area contributed by atoms with Crippen LogP contribution in [0.4, 0.5) is 0 Å². The predicted octanol–water partition coefficient (Wildman–Crippen LogP) is -0.444. The van der Waals surface area contributed by atoms with Crippen LogP contribution >= 0.6 is 0 Å². The van der Waals surface area contributed by atoms with Crippen LogP contribution in [0.25, 0.3) is 0 Å². The van der Waals surface area contributed by atoms with Gasteiger partial charge in [-0.25, -0.2) is 0 Å². The van der Waals surface area contributed by atoms with Crippen LogP contribution in [-0.4, -0.2) is 47.4 Å². The highest BCUT2D eigenvalue weighted by Crippen LogP contribution is 2.09. The molecule has 0 aromatic carbocycles. The van der Waals surface area contributed by atoms with Crippen LogP contribution < -0.4 is 5.73 Å². The van der Waals surface area contributed by atoms with Crippen molar-refractivity contribution in [2.75, 3.05) is 6.61 Å². The summed E-state index contributed by atoms with van der Waals surface area (Å²) in [6.07, 6.45) is -0.0192. The van der Waals surface area contributed by atoms with Crippen molar-refractivity contribution in [3.63, 3.8) is 0 Å². The quantitative estimate of drug-likeness (QED) is 0.420. The number of nitrogens with two attached hydrogens (primary N) is 1. The summed E-state index contributed by atoms with van der Waals surface area (Å²) in [7, 11) is 0. The smallest absolute Gasteiger partial charge is 0.113 e. The highest BCUT2D eigenvalue weighted by Gasteiger charge is 2.21. The van der Waals surface area contributed by atoms with Crippen LogP contribution in [0.2, 0.25) is 0 Å². The van der Waals surface area contributed by atoms with Gasteiger partial charge in [0.2, 0.25) is 0 Å². The molecule has 5 heteroatoms. The maximum atomic E-state index is 9.53. The molecule has 0 aromatic heterocycles. The van der Waals surface area contributed by atoms with Crippen LogP contribution in [0.15, 0.2) is 4.99 Å². The molecule has 3 atom stereocenters. The summed E-state index contributed by atoms with van der Waals surface area (Å²) >= 11 is 0. The summed E-state index contributed by atoms with van der Waals surface area (Å²) in [5.41, 5.74) is 5.82. The summed E-state index contributed by atoms with van der Waals surface area (Å²) in [6.45, 7) is 4.89. The Balaban J connectivity index is 4.14. The zero-order valence-electron chi connectivity index (χ0n) is 8.48. The highest BCUT2D eigenvalue weighted by molar-refractivity contribution is 5.83. The molecule has 0 radical (unpaired) electrons. The number of aliphatic hydroxyl groups excluding tert-OH is 2. The molecule has 0 bridgehead atoms. The van der Waals surface area contributed by atoms with Crippen molar-refractivity contribution in [3.05, 3.63) is 0 Å². The fraction of sp³-hybridized carbons (Fsp3) is 0.778. The Bertz CT molecular complexity index is 196. The molecule has 0 saturated carbocycles. The van der Waals surface area contributed by atoms with E-state index in [1.807, 2.05) is 0 Å². The lowest BCUT2D eigenvalue weighted by Crippen LogP contribution is -2.36. The number of hydrogen-bond donors (Lipinski definition) is 4. The van der Waals surface area contributed by atoms with Gasteiger partial charge in [-0.2, -0.15) is 0 Å². The van der Waals surface area contributed by atoms with E-state index in [2.05, 4.69) is 11.7 Å². The molecule has 0 rings (SSSR count). The van der Waals surface area contributed by atoms with Crippen LogP contribution in [0.5, 0.6) is 0 Å². The number of hydrogen-bond acceptors (Lipinski definition) is 5. The van der Waals surface area contributed by atoms with Gasteiger partial charge < -0.3 is 21.4 Å². The second kappa shape index (κ2) is 6.64. The lowest BCUT2D eigenvalue weighted by atomic mass is 9.99.